The highest BCUT2D eigenvalue weighted by Crippen LogP contribution is 2.20. The average Bonchev–Trinajstić information content (AvgIpc) is 2.98. The third-order valence-electron chi connectivity index (χ3n) is 3.89. The summed E-state index contributed by atoms with van der Waals surface area (Å²) >= 11 is 0. The van der Waals surface area contributed by atoms with E-state index in [1.165, 1.54) is 12.4 Å². The van der Waals surface area contributed by atoms with Crippen LogP contribution in [0.5, 0.6) is 0 Å². The minimum Gasteiger partial charge on any atom is -0.478 e. The van der Waals surface area contributed by atoms with E-state index < -0.39 is 5.97 Å². The van der Waals surface area contributed by atoms with E-state index in [0.717, 1.165) is 45.8 Å². The summed E-state index contributed by atoms with van der Waals surface area (Å²) in [5.74, 6) is -0.380. The molecule has 0 spiro atoms. The minimum absolute atomic E-state index is 0.123. The van der Waals surface area contributed by atoms with Crippen molar-refractivity contribution < 1.29 is 14.6 Å². The molecule has 0 saturated carbocycles. The van der Waals surface area contributed by atoms with Crippen molar-refractivity contribution in [2.24, 2.45) is 0 Å². The molecule has 2 aliphatic heterocycles. The van der Waals surface area contributed by atoms with Crippen LogP contribution in [0.2, 0.25) is 0 Å². The van der Waals surface area contributed by atoms with Gasteiger partial charge in [-0.1, -0.05) is 0 Å². The number of ether oxygens (including phenoxy) is 1. The summed E-state index contributed by atoms with van der Waals surface area (Å²) in [6, 6.07) is 0.515. The van der Waals surface area contributed by atoms with Gasteiger partial charge >= 0.3 is 5.97 Å². The maximum absolute atomic E-state index is 10.8. The van der Waals surface area contributed by atoms with Gasteiger partial charge in [0.15, 0.2) is 0 Å². The number of nitrogens with zero attached hydrogens (tertiary/aromatic N) is 4. The molecule has 0 aromatic carbocycles. The molecule has 3 heterocycles. The first-order valence-electron chi connectivity index (χ1n) is 6.86. The van der Waals surface area contributed by atoms with Gasteiger partial charge in [0.2, 0.25) is 5.95 Å². The monoisotopic (exact) mass is 278 g/mol. The number of carboxylic acid groups (broad SMARTS) is 1. The van der Waals surface area contributed by atoms with Crippen LogP contribution in [-0.2, 0) is 4.74 Å². The van der Waals surface area contributed by atoms with E-state index in [4.69, 9.17) is 9.84 Å². The number of anilines is 1. The van der Waals surface area contributed by atoms with E-state index in [1.54, 1.807) is 0 Å². The van der Waals surface area contributed by atoms with E-state index >= 15 is 0 Å². The molecule has 1 aromatic heterocycles. The Hall–Kier alpha value is -1.73. The van der Waals surface area contributed by atoms with E-state index in [9.17, 15) is 4.79 Å². The van der Waals surface area contributed by atoms with Crippen LogP contribution in [0.4, 0.5) is 5.95 Å². The van der Waals surface area contributed by atoms with Crippen molar-refractivity contribution in [2.45, 2.75) is 12.5 Å². The van der Waals surface area contributed by atoms with Gasteiger partial charge in [0, 0.05) is 44.6 Å². The van der Waals surface area contributed by atoms with Crippen molar-refractivity contribution >= 4 is 11.9 Å². The molecular formula is C13H18N4O3. The lowest BCUT2D eigenvalue weighted by Crippen LogP contribution is -2.44. The zero-order chi connectivity index (χ0) is 13.9. The molecule has 2 aliphatic rings. The second-order valence-corrected chi connectivity index (χ2v) is 5.11. The zero-order valence-corrected chi connectivity index (χ0v) is 11.2. The van der Waals surface area contributed by atoms with Crippen LogP contribution in [-0.4, -0.2) is 71.4 Å². The van der Waals surface area contributed by atoms with E-state index in [0.29, 0.717) is 12.0 Å². The molecule has 0 bridgehead atoms. The Bertz CT molecular complexity index is 473. The number of hydrogen-bond donors (Lipinski definition) is 1. The molecule has 2 fully saturated rings. The summed E-state index contributed by atoms with van der Waals surface area (Å²) in [6.45, 7) is 5.39. The first-order chi connectivity index (χ1) is 9.74. The summed E-state index contributed by atoms with van der Waals surface area (Å²) in [5.41, 5.74) is 0.123. The second kappa shape index (κ2) is 5.72. The molecule has 1 atom stereocenters. The Balaban J connectivity index is 1.62. The first kappa shape index (κ1) is 13.3. The summed E-state index contributed by atoms with van der Waals surface area (Å²) in [7, 11) is 0. The molecule has 108 valence electrons. The normalized spacial score (nSPS) is 24.0. The van der Waals surface area contributed by atoms with Crippen LogP contribution in [0, 0.1) is 0 Å². The molecule has 2 saturated heterocycles. The highest BCUT2D eigenvalue weighted by Gasteiger charge is 2.29. The topological polar surface area (TPSA) is 78.8 Å². The van der Waals surface area contributed by atoms with Gasteiger partial charge in [-0.15, -0.1) is 0 Å². The van der Waals surface area contributed by atoms with Crippen molar-refractivity contribution in [2.75, 3.05) is 44.3 Å². The van der Waals surface area contributed by atoms with Gasteiger partial charge in [0.1, 0.15) is 0 Å². The number of hydrogen-bond acceptors (Lipinski definition) is 6. The third-order valence-corrected chi connectivity index (χ3v) is 3.89. The van der Waals surface area contributed by atoms with Crippen LogP contribution in [0.25, 0.3) is 0 Å². The van der Waals surface area contributed by atoms with E-state index in [2.05, 4.69) is 19.8 Å². The standard InChI is InChI=1S/C13H18N4O3/c18-12(19)10-7-14-13(15-8-10)17-2-1-11(9-17)16-3-5-20-6-4-16/h7-8,11H,1-6,9H2,(H,18,19). The number of aromatic nitrogens is 2. The number of rotatable bonds is 3. The highest BCUT2D eigenvalue weighted by molar-refractivity contribution is 5.86. The maximum atomic E-state index is 10.8. The second-order valence-electron chi connectivity index (χ2n) is 5.11. The van der Waals surface area contributed by atoms with Crippen molar-refractivity contribution in [3.05, 3.63) is 18.0 Å². The SMILES string of the molecule is O=C(O)c1cnc(N2CCC(N3CCOCC3)C2)nc1. The Morgan fingerprint density at radius 2 is 1.95 bits per heavy atom. The molecule has 7 nitrogen and oxygen atoms in total. The van der Waals surface area contributed by atoms with Gasteiger partial charge in [-0.05, 0) is 6.42 Å². The summed E-state index contributed by atoms with van der Waals surface area (Å²) in [6.07, 6.45) is 3.82. The molecule has 3 rings (SSSR count). The minimum atomic E-state index is -0.996. The van der Waals surface area contributed by atoms with Gasteiger partial charge in [0.05, 0.1) is 18.8 Å². The fourth-order valence-electron chi connectivity index (χ4n) is 2.76. The summed E-state index contributed by atoms with van der Waals surface area (Å²) < 4.78 is 5.37. The lowest BCUT2D eigenvalue weighted by Gasteiger charge is -2.32. The summed E-state index contributed by atoms with van der Waals surface area (Å²) in [4.78, 5) is 23.7. The van der Waals surface area contributed by atoms with Gasteiger partial charge in [-0.25, -0.2) is 14.8 Å². The number of carboxylic acids is 1. The molecular weight excluding hydrogens is 260 g/mol. The van der Waals surface area contributed by atoms with E-state index in [1.807, 2.05) is 0 Å². The molecule has 0 radical (unpaired) electrons. The van der Waals surface area contributed by atoms with Crippen molar-refractivity contribution in [1.82, 2.24) is 14.9 Å². The first-order valence-corrected chi connectivity index (χ1v) is 6.86. The van der Waals surface area contributed by atoms with Gasteiger partial charge in [-0.3, -0.25) is 4.90 Å². The van der Waals surface area contributed by atoms with Crippen LogP contribution < -0.4 is 4.90 Å². The molecule has 20 heavy (non-hydrogen) atoms. The fourth-order valence-corrected chi connectivity index (χ4v) is 2.76. The zero-order valence-electron chi connectivity index (χ0n) is 11.2. The molecule has 1 aromatic rings. The molecule has 0 aliphatic carbocycles. The molecule has 1 N–H and O–H groups in total. The lowest BCUT2D eigenvalue weighted by atomic mass is 10.2. The third kappa shape index (κ3) is 2.73. The number of aromatic carboxylic acids is 1. The smallest absolute Gasteiger partial charge is 0.338 e. The van der Waals surface area contributed by atoms with Crippen LogP contribution in [0.3, 0.4) is 0 Å². The maximum Gasteiger partial charge on any atom is 0.338 e. The van der Waals surface area contributed by atoms with Crippen LogP contribution >= 0.6 is 0 Å². The van der Waals surface area contributed by atoms with Gasteiger partial charge in [0.25, 0.3) is 0 Å². The highest BCUT2D eigenvalue weighted by atomic mass is 16.5. The summed E-state index contributed by atoms with van der Waals surface area (Å²) in [5, 5.41) is 8.84. The van der Waals surface area contributed by atoms with Gasteiger partial charge in [-0.2, -0.15) is 0 Å². The fraction of sp³-hybridized carbons (Fsp3) is 0.615. The lowest BCUT2D eigenvalue weighted by molar-refractivity contribution is 0.0209. The largest absolute Gasteiger partial charge is 0.478 e. The Kier molecular flexibility index (Phi) is 3.79. The van der Waals surface area contributed by atoms with Gasteiger partial charge < -0.3 is 14.7 Å². The van der Waals surface area contributed by atoms with Crippen LogP contribution in [0.15, 0.2) is 12.4 Å². The van der Waals surface area contributed by atoms with E-state index in [-0.39, 0.29) is 5.56 Å². The Labute approximate surface area is 117 Å². The molecule has 7 heteroatoms. The van der Waals surface area contributed by atoms with Crippen molar-refractivity contribution in [3.63, 3.8) is 0 Å². The van der Waals surface area contributed by atoms with Crippen LogP contribution in [0.1, 0.15) is 16.8 Å². The predicted molar refractivity (Wildman–Crippen MR) is 72.0 cm³/mol. The quantitative estimate of drug-likeness (QED) is 0.839. The average molecular weight is 278 g/mol. The molecule has 1 unspecified atom stereocenters. The van der Waals surface area contributed by atoms with Crippen molar-refractivity contribution in [3.8, 4) is 0 Å². The number of carbonyl (C=O) groups is 1. The Morgan fingerprint density at radius 1 is 1.25 bits per heavy atom. The Morgan fingerprint density at radius 3 is 2.60 bits per heavy atom. The van der Waals surface area contributed by atoms with Crippen molar-refractivity contribution in [1.29, 1.82) is 0 Å². The predicted octanol–water partition coefficient (Wildman–Crippen LogP) is 0.0857. The number of morpholine rings is 1. The molecule has 0 amide bonds.